The van der Waals surface area contributed by atoms with Crippen LogP contribution in [0.1, 0.15) is 12.1 Å². The second-order valence-electron chi connectivity index (χ2n) is 2.80. The second kappa shape index (κ2) is 4.90. The van der Waals surface area contributed by atoms with Crippen LogP contribution in [0.3, 0.4) is 0 Å². The van der Waals surface area contributed by atoms with Crippen LogP contribution < -0.4 is 0 Å². The van der Waals surface area contributed by atoms with Crippen LogP contribution in [0.2, 0.25) is 0 Å². The summed E-state index contributed by atoms with van der Waals surface area (Å²) in [6.07, 6.45) is 2.23. The Bertz CT molecular complexity index is 397. The summed E-state index contributed by atoms with van der Waals surface area (Å²) in [5, 5.41) is 17.2. The predicted molar refractivity (Wildman–Crippen MR) is 52.1 cm³/mol. The van der Waals surface area contributed by atoms with Gasteiger partial charge in [0.2, 0.25) is 0 Å². The lowest BCUT2D eigenvalue weighted by molar-refractivity contribution is -0.139. The van der Waals surface area contributed by atoms with Gasteiger partial charge in [0.25, 0.3) is 0 Å². The number of rotatable bonds is 4. The van der Waals surface area contributed by atoms with Crippen molar-refractivity contribution < 1.29 is 19.8 Å². The number of hydrogen-bond donors (Lipinski definition) is 2. The molecule has 0 saturated heterocycles. The second-order valence-corrected chi connectivity index (χ2v) is 2.80. The number of carboxylic acid groups (broad SMARTS) is 2. The largest absolute Gasteiger partial charge is 0.481 e. The molecule has 1 rings (SSSR count). The highest BCUT2D eigenvalue weighted by Crippen LogP contribution is 2.07. The zero-order valence-corrected chi connectivity index (χ0v) is 7.75. The zero-order valence-electron chi connectivity index (χ0n) is 7.75. The topological polar surface area (TPSA) is 87.5 Å². The van der Waals surface area contributed by atoms with E-state index in [2.05, 4.69) is 4.98 Å². The molecular formula is C10H9NO4. The first kappa shape index (κ1) is 10.9. The maximum Gasteiger partial charge on any atom is 0.332 e. The molecule has 0 aromatic carbocycles. The third-order valence-corrected chi connectivity index (χ3v) is 1.63. The monoisotopic (exact) mass is 207 g/mol. The van der Waals surface area contributed by atoms with E-state index in [1.165, 1.54) is 12.3 Å². The minimum atomic E-state index is -1.25. The molecule has 78 valence electrons. The molecule has 1 aromatic heterocycles. The van der Waals surface area contributed by atoms with Gasteiger partial charge in [0, 0.05) is 6.20 Å². The summed E-state index contributed by atoms with van der Waals surface area (Å²) in [7, 11) is 0. The quantitative estimate of drug-likeness (QED) is 0.720. The first-order chi connectivity index (χ1) is 7.09. The van der Waals surface area contributed by atoms with Crippen molar-refractivity contribution in [3.63, 3.8) is 0 Å². The Morgan fingerprint density at radius 3 is 2.53 bits per heavy atom. The molecule has 0 radical (unpaired) electrons. The van der Waals surface area contributed by atoms with Gasteiger partial charge in [-0.15, -0.1) is 0 Å². The molecular weight excluding hydrogens is 198 g/mol. The fourth-order valence-corrected chi connectivity index (χ4v) is 0.991. The van der Waals surface area contributed by atoms with Crippen LogP contribution in [0.5, 0.6) is 0 Å². The molecule has 0 saturated carbocycles. The molecule has 0 fully saturated rings. The normalized spacial score (nSPS) is 11.1. The summed E-state index contributed by atoms with van der Waals surface area (Å²) in [4.78, 5) is 24.9. The third kappa shape index (κ3) is 3.60. The minimum absolute atomic E-state index is 0.193. The van der Waals surface area contributed by atoms with Crippen LogP contribution in [0.4, 0.5) is 0 Å². The van der Waals surface area contributed by atoms with Crippen LogP contribution in [0.25, 0.3) is 6.08 Å². The van der Waals surface area contributed by atoms with Gasteiger partial charge in [-0.2, -0.15) is 0 Å². The summed E-state index contributed by atoms with van der Waals surface area (Å²) in [5.74, 6) is -2.43. The van der Waals surface area contributed by atoms with Crippen LogP contribution in [0.15, 0.2) is 30.0 Å². The fourth-order valence-electron chi connectivity index (χ4n) is 0.991. The number of nitrogens with zero attached hydrogens (tertiary/aromatic N) is 1. The van der Waals surface area contributed by atoms with Crippen LogP contribution >= 0.6 is 0 Å². The maximum absolute atomic E-state index is 10.7. The van der Waals surface area contributed by atoms with E-state index in [1.807, 2.05) is 0 Å². The molecule has 0 aliphatic heterocycles. The van der Waals surface area contributed by atoms with E-state index in [9.17, 15) is 9.59 Å². The molecule has 0 amide bonds. The Morgan fingerprint density at radius 1 is 1.33 bits per heavy atom. The summed E-state index contributed by atoms with van der Waals surface area (Å²) in [6.45, 7) is 0. The standard InChI is InChI=1S/C10H9NO4/c12-9(13)6-7(10(14)15)5-8-3-1-2-4-11-8/h1-5H,6H2,(H,12,13)(H,14,15)/b7-5+. The molecule has 0 aliphatic rings. The molecule has 15 heavy (non-hydrogen) atoms. The van der Waals surface area contributed by atoms with Gasteiger partial charge in [0.1, 0.15) is 0 Å². The molecule has 0 spiro atoms. The van der Waals surface area contributed by atoms with Crippen molar-refractivity contribution in [1.82, 2.24) is 4.98 Å². The van der Waals surface area contributed by atoms with E-state index in [0.717, 1.165) is 0 Å². The SMILES string of the molecule is O=C(O)C/C(=C\c1ccccn1)C(=O)O. The Balaban J connectivity index is 2.94. The molecule has 0 bridgehead atoms. The predicted octanol–water partition coefficient (Wildman–Crippen LogP) is 1.02. The summed E-state index contributed by atoms with van der Waals surface area (Å²) < 4.78 is 0. The van der Waals surface area contributed by atoms with Crippen molar-refractivity contribution in [2.45, 2.75) is 6.42 Å². The number of hydrogen-bond acceptors (Lipinski definition) is 3. The Kier molecular flexibility index (Phi) is 3.56. The Hall–Kier alpha value is -2.17. The maximum atomic E-state index is 10.7. The molecule has 0 atom stereocenters. The zero-order chi connectivity index (χ0) is 11.3. The molecule has 0 aliphatic carbocycles. The van der Waals surface area contributed by atoms with Gasteiger partial charge >= 0.3 is 11.9 Å². The first-order valence-electron chi connectivity index (χ1n) is 4.16. The first-order valence-corrected chi connectivity index (χ1v) is 4.16. The van der Waals surface area contributed by atoms with E-state index in [-0.39, 0.29) is 5.57 Å². The van der Waals surface area contributed by atoms with E-state index in [1.54, 1.807) is 18.2 Å². The average molecular weight is 207 g/mol. The molecule has 2 N–H and O–H groups in total. The Morgan fingerprint density at radius 2 is 2.07 bits per heavy atom. The van der Waals surface area contributed by atoms with Crippen LogP contribution in [-0.2, 0) is 9.59 Å². The van der Waals surface area contributed by atoms with Gasteiger partial charge in [0.15, 0.2) is 0 Å². The average Bonchev–Trinajstić information content (AvgIpc) is 2.17. The molecule has 0 unspecified atom stereocenters. The lowest BCUT2D eigenvalue weighted by Crippen LogP contribution is -2.06. The third-order valence-electron chi connectivity index (χ3n) is 1.63. The Labute approximate surface area is 85.7 Å². The summed E-state index contributed by atoms with van der Waals surface area (Å²) >= 11 is 0. The molecule has 5 heteroatoms. The van der Waals surface area contributed by atoms with Gasteiger partial charge in [0.05, 0.1) is 17.7 Å². The van der Waals surface area contributed by atoms with Crippen molar-refractivity contribution in [3.05, 3.63) is 35.7 Å². The van der Waals surface area contributed by atoms with Gasteiger partial charge < -0.3 is 10.2 Å². The van der Waals surface area contributed by atoms with Crippen LogP contribution in [-0.4, -0.2) is 27.1 Å². The number of aliphatic carboxylic acids is 2. The highest BCUT2D eigenvalue weighted by Gasteiger charge is 2.11. The van der Waals surface area contributed by atoms with Crippen LogP contribution in [0, 0.1) is 0 Å². The number of carbonyl (C=O) groups is 2. The molecule has 1 heterocycles. The van der Waals surface area contributed by atoms with E-state index < -0.39 is 18.4 Å². The smallest absolute Gasteiger partial charge is 0.332 e. The van der Waals surface area contributed by atoms with Gasteiger partial charge in [-0.05, 0) is 18.2 Å². The number of carboxylic acids is 2. The van der Waals surface area contributed by atoms with Crippen molar-refractivity contribution in [3.8, 4) is 0 Å². The lowest BCUT2D eigenvalue weighted by Gasteiger charge is -1.98. The van der Waals surface area contributed by atoms with E-state index in [4.69, 9.17) is 10.2 Å². The number of pyridine rings is 1. The number of aromatic nitrogens is 1. The van der Waals surface area contributed by atoms with Gasteiger partial charge in [-0.3, -0.25) is 9.78 Å². The fraction of sp³-hybridized carbons (Fsp3) is 0.100. The highest BCUT2D eigenvalue weighted by atomic mass is 16.4. The minimum Gasteiger partial charge on any atom is -0.481 e. The van der Waals surface area contributed by atoms with Crippen molar-refractivity contribution in [2.75, 3.05) is 0 Å². The van der Waals surface area contributed by atoms with Crippen molar-refractivity contribution >= 4 is 18.0 Å². The molecule has 1 aromatic rings. The highest BCUT2D eigenvalue weighted by molar-refractivity contribution is 5.96. The van der Waals surface area contributed by atoms with E-state index in [0.29, 0.717) is 5.69 Å². The summed E-state index contributed by atoms with van der Waals surface area (Å²) in [6, 6.07) is 4.98. The van der Waals surface area contributed by atoms with Crippen molar-refractivity contribution in [2.24, 2.45) is 0 Å². The van der Waals surface area contributed by atoms with Gasteiger partial charge in [-0.25, -0.2) is 4.79 Å². The van der Waals surface area contributed by atoms with Gasteiger partial charge in [-0.1, -0.05) is 6.07 Å². The van der Waals surface area contributed by atoms with E-state index >= 15 is 0 Å². The lowest BCUT2D eigenvalue weighted by atomic mass is 10.1. The van der Waals surface area contributed by atoms with Crippen molar-refractivity contribution in [1.29, 1.82) is 0 Å². The molecule has 5 nitrogen and oxygen atoms in total. The summed E-state index contributed by atoms with van der Waals surface area (Å²) in [5.41, 5.74) is 0.234.